The van der Waals surface area contributed by atoms with Crippen LogP contribution in [0.15, 0.2) is 12.1 Å². The third kappa shape index (κ3) is 3.25. The van der Waals surface area contributed by atoms with E-state index in [1.807, 2.05) is 0 Å². The molecule has 0 bridgehead atoms. The lowest BCUT2D eigenvalue weighted by Crippen LogP contribution is -2.20. The fourth-order valence-electron chi connectivity index (χ4n) is 1.99. The highest BCUT2D eigenvalue weighted by atomic mass is 35.5. The van der Waals surface area contributed by atoms with Gasteiger partial charge in [-0.3, -0.25) is 0 Å². The summed E-state index contributed by atoms with van der Waals surface area (Å²) in [6.07, 6.45) is 4.85. The van der Waals surface area contributed by atoms with Crippen LogP contribution in [0.1, 0.15) is 32.6 Å². The van der Waals surface area contributed by atoms with Crippen LogP contribution in [0.3, 0.4) is 0 Å². The van der Waals surface area contributed by atoms with Crippen LogP contribution in [0.5, 0.6) is 0 Å². The molecular weight excluding hydrogens is 239 g/mol. The predicted molar refractivity (Wildman–Crippen MR) is 70.9 cm³/mol. The summed E-state index contributed by atoms with van der Waals surface area (Å²) >= 11 is 5.76. The van der Waals surface area contributed by atoms with Gasteiger partial charge in [-0.1, -0.05) is 31.4 Å². The Bertz CT molecular complexity index is 405. The van der Waals surface area contributed by atoms with Crippen LogP contribution in [0.2, 0.25) is 5.02 Å². The Morgan fingerprint density at radius 3 is 2.82 bits per heavy atom. The van der Waals surface area contributed by atoms with Gasteiger partial charge in [-0.25, -0.2) is 4.39 Å². The quantitative estimate of drug-likeness (QED) is 0.780. The summed E-state index contributed by atoms with van der Waals surface area (Å²) in [6, 6.07) is 3.24. The highest BCUT2D eigenvalue weighted by Gasteiger charge is 2.25. The first-order valence-electron chi connectivity index (χ1n) is 6.11. The van der Waals surface area contributed by atoms with E-state index in [2.05, 4.69) is 12.2 Å². The lowest BCUT2D eigenvalue weighted by molar-refractivity contribution is 0.586. The maximum Gasteiger partial charge on any atom is 0.143 e. The number of benzene rings is 1. The molecule has 0 amide bonds. The zero-order chi connectivity index (χ0) is 12.4. The van der Waals surface area contributed by atoms with Gasteiger partial charge in [-0.2, -0.15) is 0 Å². The van der Waals surface area contributed by atoms with Gasteiger partial charge >= 0.3 is 0 Å². The topological polar surface area (TPSA) is 38.0 Å². The van der Waals surface area contributed by atoms with Crippen LogP contribution in [-0.4, -0.2) is 6.04 Å². The molecule has 0 aliphatic heterocycles. The number of hydrogen-bond acceptors (Lipinski definition) is 2. The molecule has 94 valence electrons. The van der Waals surface area contributed by atoms with Crippen molar-refractivity contribution in [1.29, 1.82) is 0 Å². The molecule has 0 saturated heterocycles. The highest BCUT2D eigenvalue weighted by Crippen LogP contribution is 2.35. The zero-order valence-corrected chi connectivity index (χ0v) is 10.7. The van der Waals surface area contributed by atoms with Crippen molar-refractivity contribution >= 4 is 23.0 Å². The Morgan fingerprint density at radius 2 is 2.24 bits per heavy atom. The molecule has 0 radical (unpaired) electrons. The van der Waals surface area contributed by atoms with Crippen LogP contribution < -0.4 is 11.1 Å². The van der Waals surface area contributed by atoms with Crippen molar-refractivity contribution < 1.29 is 4.39 Å². The Morgan fingerprint density at radius 1 is 1.53 bits per heavy atom. The SMILES string of the molecule is CCC(CC1CC1)Nc1cc(Cl)c(F)cc1N. The number of hydrogen-bond donors (Lipinski definition) is 2. The second kappa shape index (κ2) is 5.13. The summed E-state index contributed by atoms with van der Waals surface area (Å²) in [7, 11) is 0. The molecule has 1 aromatic rings. The van der Waals surface area contributed by atoms with Gasteiger partial charge < -0.3 is 11.1 Å². The van der Waals surface area contributed by atoms with Gasteiger partial charge in [0.2, 0.25) is 0 Å². The highest BCUT2D eigenvalue weighted by molar-refractivity contribution is 6.31. The van der Waals surface area contributed by atoms with Crippen molar-refractivity contribution in [3.05, 3.63) is 23.0 Å². The molecule has 4 heteroatoms. The molecule has 1 saturated carbocycles. The zero-order valence-electron chi connectivity index (χ0n) is 9.97. The molecule has 0 aromatic heterocycles. The largest absolute Gasteiger partial charge is 0.397 e. The summed E-state index contributed by atoms with van der Waals surface area (Å²) in [5, 5.41) is 3.47. The van der Waals surface area contributed by atoms with Gasteiger partial charge in [0.15, 0.2) is 0 Å². The summed E-state index contributed by atoms with van der Waals surface area (Å²) in [5.41, 5.74) is 6.94. The molecule has 3 N–H and O–H groups in total. The third-order valence-electron chi connectivity index (χ3n) is 3.26. The van der Waals surface area contributed by atoms with Crippen molar-refractivity contribution in [3.8, 4) is 0 Å². The van der Waals surface area contributed by atoms with Gasteiger partial charge in [-0.15, -0.1) is 0 Å². The molecule has 1 unspecified atom stereocenters. The Labute approximate surface area is 106 Å². The van der Waals surface area contributed by atoms with Gasteiger partial charge in [-0.05, 0) is 24.8 Å². The number of anilines is 2. The Hall–Kier alpha value is -0.960. The fourth-order valence-corrected chi connectivity index (χ4v) is 2.15. The van der Waals surface area contributed by atoms with Crippen molar-refractivity contribution in [1.82, 2.24) is 0 Å². The predicted octanol–water partition coefficient (Wildman–Crippen LogP) is 4.05. The summed E-state index contributed by atoms with van der Waals surface area (Å²) in [5.74, 6) is 0.384. The van der Waals surface area contributed by atoms with E-state index < -0.39 is 5.82 Å². The first-order chi connectivity index (χ1) is 8.10. The Kier molecular flexibility index (Phi) is 3.77. The van der Waals surface area contributed by atoms with Gasteiger partial charge in [0, 0.05) is 12.1 Å². The maximum absolute atomic E-state index is 13.2. The number of rotatable bonds is 5. The molecule has 2 nitrogen and oxygen atoms in total. The fraction of sp³-hybridized carbons (Fsp3) is 0.538. The lowest BCUT2D eigenvalue weighted by atomic mass is 10.1. The second-order valence-electron chi connectivity index (χ2n) is 4.78. The molecule has 0 heterocycles. The van der Waals surface area contributed by atoms with E-state index >= 15 is 0 Å². The molecule has 1 aromatic carbocycles. The summed E-state index contributed by atoms with van der Waals surface area (Å²) in [4.78, 5) is 0. The molecule has 17 heavy (non-hydrogen) atoms. The van der Waals surface area contributed by atoms with Crippen LogP contribution in [0.25, 0.3) is 0 Å². The average Bonchev–Trinajstić information content (AvgIpc) is 3.08. The van der Waals surface area contributed by atoms with Crippen molar-refractivity contribution in [2.75, 3.05) is 11.1 Å². The first kappa shape index (κ1) is 12.5. The van der Waals surface area contributed by atoms with E-state index in [-0.39, 0.29) is 5.02 Å². The number of halogens is 2. The van der Waals surface area contributed by atoms with E-state index in [9.17, 15) is 4.39 Å². The van der Waals surface area contributed by atoms with Crippen LogP contribution in [-0.2, 0) is 0 Å². The summed E-state index contributed by atoms with van der Waals surface area (Å²) in [6.45, 7) is 2.14. The normalized spacial score (nSPS) is 16.9. The molecule has 2 rings (SSSR count). The minimum atomic E-state index is -0.468. The Balaban J connectivity index is 2.07. The van der Waals surface area contributed by atoms with E-state index in [0.717, 1.165) is 24.4 Å². The van der Waals surface area contributed by atoms with Crippen molar-refractivity contribution in [3.63, 3.8) is 0 Å². The summed E-state index contributed by atoms with van der Waals surface area (Å²) < 4.78 is 13.2. The molecule has 1 atom stereocenters. The second-order valence-corrected chi connectivity index (χ2v) is 5.19. The van der Waals surface area contributed by atoms with Crippen LogP contribution in [0.4, 0.5) is 15.8 Å². The maximum atomic E-state index is 13.2. The standard InChI is InChI=1S/C13H18ClFN2/c1-2-9(5-8-3-4-8)17-13-6-10(14)11(15)7-12(13)16/h6-9,17H,2-5,16H2,1H3. The molecular formula is C13H18ClFN2. The molecule has 1 aliphatic rings. The third-order valence-corrected chi connectivity index (χ3v) is 3.55. The van der Waals surface area contributed by atoms with Gasteiger partial charge in [0.25, 0.3) is 0 Å². The van der Waals surface area contributed by atoms with E-state index in [1.54, 1.807) is 6.07 Å². The molecule has 1 fully saturated rings. The number of nitrogen functional groups attached to an aromatic ring is 1. The lowest BCUT2D eigenvalue weighted by Gasteiger charge is -2.19. The van der Waals surface area contributed by atoms with Gasteiger partial charge in [0.05, 0.1) is 16.4 Å². The average molecular weight is 257 g/mol. The minimum absolute atomic E-state index is 0.114. The smallest absolute Gasteiger partial charge is 0.143 e. The van der Waals surface area contributed by atoms with Crippen LogP contribution in [0, 0.1) is 11.7 Å². The molecule has 0 spiro atoms. The first-order valence-corrected chi connectivity index (χ1v) is 6.49. The van der Waals surface area contributed by atoms with E-state index in [1.165, 1.54) is 18.9 Å². The van der Waals surface area contributed by atoms with Crippen molar-refractivity contribution in [2.45, 2.75) is 38.6 Å². The van der Waals surface area contributed by atoms with E-state index in [4.69, 9.17) is 17.3 Å². The number of nitrogens with one attached hydrogen (secondary N) is 1. The van der Waals surface area contributed by atoms with E-state index in [0.29, 0.717) is 11.7 Å². The van der Waals surface area contributed by atoms with Crippen LogP contribution >= 0.6 is 11.6 Å². The molecule has 1 aliphatic carbocycles. The van der Waals surface area contributed by atoms with Crippen molar-refractivity contribution in [2.24, 2.45) is 5.92 Å². The van der Waals surface area contributed by atoms with Gasteiger partial charge in [0.1, 0.15) is 5.82 Å². The number of nitrogens with two attached hydrogens (primary N) is 1. The monoisotopic (exact) mass is 256 g/mol. The minimum Gasteiger partial charge on any atom is -0.397 e.